The Kier molecular flexibility index (Phi) is 3.96. The van der Waals surface area contributed by atoms with E-state index in [0.717, 1.165) is 0 Å². The first-order valence-corrected chi connectivity index (χ1v) is 9.34. The number of hydrogen-bond donors (Lipinski definition) is 1. The molecule has 0 saturated heterocycles. The first kappa shape index (κ1) is 14.8. The van der Waals surface area contributed by atoms with Crippen molar-refractivity contribution in [3.63, 3.8) is 0 Å². The van der Waals surface area contributed by atoms with Crippen LogP contribution in [-0.2, 0) is 9.84 Å². The Hall–Kier alpha value is -1.08. The average molecular weight is 361 g/mol. The van der Waals surface area contributed by atoms with E-state index in [0.29, 0.717) is 37.6 Å². The van der Waals surface area contributed by atoms with Crippen molar-refractivity contribution in [2.24, 2.45) is 5.10 Å². The second kappa shape index (κ2) is 5.61. The highest BCUT2D eigenvalue weighted by molar-refractivity contribution is 7.93. The molecule has 4 nitrogen and oxygen atoms in total. The van der Waals surface area contributed by atoms with Crippen molar-refractivity contribution in [2.75, 3.05) is 11.2 Å². The number of benzene rings is 1. The second-order valence-corrected chi connectivity index (χ2v) is 8.55. The SMILES string of the molecule is O=S1(=O)CCC(=NNc2ccc(Cl)cc2Cl)c2ccsc21. The van der Waals surface area contributed by atoms with E-state index in [1.807, 2.05) is 0 Å². The third-order valence-corrected chi connectivity index (χ3v) is 6.90. The molecule has 1 aliphatic heterocycles. The summed E-state index contributed by atoms with van der Waals surface area (Å²) >= 11 is 13.1. The lowest BCUT2D eigenvalue weighted by atomic mass is 10.1. The molecule has 0 atom stereocenters. The first-order chi connectivity index (χ1) is 9.97. The van der Waals surface area contributed by atoms with Crippen molar-refractivity contribution < 1.29 is 8.42 Å². The van der Waals surface area contributed by atoms with Gasteiger partial charge in [0.25, 0.3) is 0 Å². The summed E-state index contributed by atoms with van der Waals surface area (Å²) in [6.45, 7) is 0. The van der Waals surface area contributed by atoms with E-state index < -0.39 is 9.84 Å². The number of hydrazone groups is 1. The molecule has 2 aromatic rings. The monoisotopic (exact) mass is 360 g/mol. The highest BCUT2D eigenvalue weighted by atomic mass is 35.5. The maximum absolute atomic E-state index is 11.9. The van der Waals surface area contributed by atoms with Gasteiger partial charge in [-0.1, -0.05) is 23.2 Å². The fourth-order valence-electron chi connectivity index (χ4n) is 2.03. The lowest BCUT2D eigenvalue weighted by molar-refractivity contribution is 0.597. The van der Waals surface area contributed by atoms with E-state index >= 15 is 0 Å². The number of halogens is 2. The molecule has 0 spiro atoms. The third kappa shape index (κ3) is 2.94. The van der Waals surface area contributed by atoms with E-state index in [-0.39, 0.29) is 5.75 Å². The molecule has 21 heavy (non-hydrogen) atoms. The fraction of sp³-hybridized carbons (Fsp3) is 0.154. The van der Waals surface area contributed by atoms with Crippen LogP contribution >= 0.6 is 34.5 Å². The van der Waals surface area contributed by atoms with E-state index in [1.54, 1.807) is 29.6 Å². The van der Waals surface area contributed by atoms with Crippen molar-refractivity contribution in [1.82, 2.24) is 0 Å². The van der Waals surface area contributed by atoms with Crippen LogP contribution in [0.1, 0.15) is 12.0 Å². The van der Waals surface area contributed by atoms with Crippen LogP contribution in [0, 0.1) is 0 Å². The minimum absolute atomic E-state index is 0.0787. The number of fused-ring (bicyclic) bond motifs is 1. The molecule has 1 N–H and O–H groups in total. The zero-order valence-electron chi connectivity index (χ0n) is 10.6. The third-order valence-electron chi connectivity index (χ3n) is 3.07. The van der Waals surface area contributed by atoms with Gasteiger partial charge < -0.3 is 0 Å². The van der Waals surface area contributed by atoms with Gasteiger partial charge in [0.1, 0.15) is 4.21 Å². The summed E-state index contributed by atoms with van der Waals surface area (Å²) in [7, 11) is -3.16. The number of rotatable bonds is 2. The predicted molar refractivity (Wildman–Crippen MR) is 87.6 cm³/mol. The summed E-state index contributed by atoms with van der Waals surface area (Å²) in [4.78, 5) is 0. The lowest BCUT2D eigenvalue weighted by Gasteiger charge is -2.14. The van der Waals surface area contributed by atoms with Gasteiger partial charge in [0.2, 0.25) is 0 Å². The Morgan fingerprint density at radius 3 is 2.81 bits per heavy atom. The Bertz CT molecular complexity index is 828. The molecule has 0 unspecified atom stereocenters. The molecule has 0 bridgehead atoms. The van der Waals surface area contributed by atoms with E-state index in [2.05, 4.69) is 10.5 Å². The number of anilines is 1. The van der Waals surface area contributed by atoms with Crippen LogP contribution in [0.3, 0.4) is 0 Å². The lowest BCUT2D eigenvalue weighted by Crippen LogP contribution is -2.20. The molecular formula is C13H10Cl2N2O2S2. The Morgan fingerprint density at radius 1 is 1.24 bits per heavy atom. The quantitative estimate of drug-likeness (QED) is 0.821. The van der Waals surface area contributed by atoms with Crippen molar-refractivity contribution in [1.29, 1.82) is 0 Å². The van der Waals surface area contributed by atoms with Gasteiger partial charge in [-0.15, -0.1) is 11.3 Å². The number of sulfone groups is 1. The molecule has 0 saturated carbocycles. The molecule has 1 aromatic carbocycles. The maximum atomic E-state index is 11.9. The number of thiophene rings is 1. The van der Waals surface area contributed by atoms with Crippen LogP contribution < -0.4 is 5.43 Å². The molecule has 0 aliphatic carbocycles. The number of nitrogens with zero attached hydrogens (tertiary/aromatic N) is 1. The molecular weight excluding hydrogens is 351 g/mol. The normalized spacial score (nSPS) is 18.5. The zero-order valence-corrected chi connectivity index (χ0v) is 13.8. The smallest absolute Gasteiger partial charge is 0.188 e. The molecule has 1 aliphatic rings. The molecule has 0 fully saturated rings. The molecule has 0 radical (unpaired) electrons. The summed E-state index contributed by atoms with van der Waals surface area (Å²) < 4.78 is 24.3. The molecule has 2 heterocycles. The second-order valence-electron chi connectivity index (χ2n) is 4.49. The van der Waals surface area contributed by atoms with Gasteiger partial charge >= 0.3 is 0 Å². The minimum Gasteiger partial charge on any atom is -0.277 e. The Morgan fingerprint density at radius 2 is 2.05 bits per heavy atom. The van der Waals surface area contributed by atoms with Crippen LogP contribution in [0.2, 0.25) is 10.0 Å². The van der Waals surface area contributed by atoms with Crippen LogP contribution in [0.15, 0.2) is 39.0 Å². The largest absolute Gasteiger partial charge is 0.277 e. The fourth-order valence-corrected chi connectivity index (χ4v) is 5.30. The van der Waals surface area contributed by atoms with E-state index in [1.165, 1.54) is 11.3 Å². The zero-order chi connectivity index (χ0) is 15.0. The Balaban J connectivity index is 1.92. The standard InChI is InChI=1S/C13H10Cl2N2O2S2/c14-8-1-2-12(10(15)7-8)17-16-11-4-6-21(18,19)13-9(11)3-5-20-13/h1-3,5,7,17H,4,6H2. The van der Waals surface area contributed by atoms with Gasteiger partial charge in [-0.3, -0.25) is 5.43 Å². The summed E-state index contributed by atoms with van der Waals surface area (Å²) in [5, 5.41) is 7.07. The topological polar surface area (TPSA) is 58.5 Å². The van der Waals surface area contributed by atoms with Gasteiger partial charge in [-0.05, 0) is 29.6 Å². The molecule has 1 aromatic heterocycles. The van der Waals surface area contributed by atoms with Gasteiger partial charge in [0, 0.05) is 17.0 Å². The molecule has 110 valence electrons. The van der Waals surface area contributed by atoms with Gasteiger partial charge in [0.15, 0.2) is 9.84 Å². The summed E-state index contributed by atoms with van der Waals surface area (Å²) in [6.07, 6.45) is 0.379. The van der Waals surface area contributed by atoms with E-state index in [4.69, 9.17) is 23.2 Å². The number of nitrogens with one attached hydrogen (secondary N) is 1. The highest BCUT2D eigenvalue weighted by Crippen LogP contribution is 2.31. The van der Waals surface area contributed by atoms with Crippen LogP contribution in [0.4, 0.5) is 5.69 Å². The van der Waals surface area contributed by atoms with Gasteiger partial charge in [-0.25, -0.2) is 8.42 Å². The van der Waals surface area contributed by atoms with Crippen molar-refractivity contribution in [3.05, 3.63) is 45.3 Å². The van der Waals surface area contributed by atoms with Gasteiger partial charge in [0.05, 0.1) is 22.2 Å². The summed E-state index contributed by atoms with van der Waals surface area (Å²) in [5.41, 5.74) is 4.88. The van der Waals surface area contributed by atoms with Crippen molar-refractivity contribution in [3.8, 4) is 0 Å². The van der Waals surface area contributed by atoms with Crippen molar-refractivity contribution in [2.45, 2.75) is 10.6 Å². The summed E-state index contributed by atoms with van der Waals surface area (Å²) in [6, 6.07) is 6.83. The summed E-state index contributed by atoms with van der Waals surface area (Å²) in [5.74, 6) is 0.0787. The van der Waals surface area contributed by atoms with Crippen LogP contribution in [0.25, 0.3) is 0 Å². The maximum Gasteiger partial charge on any atom is 0.188 e. The average Bonchev–Trinajstić information content (AvgIpc) is 2.90. The van der Waals surface area contributed by atoms with Gasteiger partial charge in [-0.2, -0.15) is 5.10 Å². The molecule has 3 rings (SSSR count). The van der Waals surface area contributed by atoms with Crippen LogP contribution in [-0.4, -0.2) is 19.9 Å². The number of hydrogen-bond acceptors (Lipinski definition) is 5. The van der Waals surface area contributed by atoms with Crippen LogP contribution in [0.5, 0.6) is 0 Å². The van der Waals surface area contributed by atoms with Crippen molar-refractivity contribution >= 4 is 55.8 Å². The minimum atomic E-state index is -3.16. The molecule has 8 heteroatoms. The Labute approximate surface area is 136 Å². The highest BCUT2D eigenvalue weighted by Gasteiger charge is 2.29. The molecule has 0 amide bonds. The first-order valence-electron chi connectivity index (χ1n) is 6.05. The van der Waals surface area contributed by atoms with E-state index in [9.17, 15) is 8.42 Å². The predicted octanol–water partition coefficient (Wildman–Crippen LogP) is 4.05.